The molecule has 6 fully saturated rings. The molecule has 0 unspecified atom stereocenters. The number of fused-ring (bicyclic) bond motifs is 7. The zero-order chi connectivity index (χ0) is 57.0. The summed E-state index contributed by atoms with van der Waals surface area (Å²) in [7, 11) is 1.05. The lowest BCUT2D eigenvalue weighted by Crippen LogP contribution is -2.68. The van der Waals surface area contributed by atoms with Gasteiger partial charge in [-0.3, -0.25) is 33.6 Å². The van der Waals surface area contributed by atoms with Crippen molar-refractivity contribution in [2.75, 3.05) is 20.3 Å². The van der Waals surface area contributed by atoms with Gasteiger partial charge in [0.2, 0.25) is 6.29 Å². The molecule has 4 saturated carbocycles. The maximum atomic E-state index is 13.5. The molecule has 5 aliphatic carbocycles. The van der Waals surface area contributed by atoms with Crippen molar-refractivity contribution < 1.29 is 95.2 Å². The number of esters is 8. The largest absolute Gasteiger partial charge is 0.467 e. The third-order valence-corrected chi connectivity index (χ3v) is 19.6. The van der Waals surface area contributed by atoms with E-state index >= 15 is 0 Å². The molecule has 2 heterocycles. The highest BCUT2D eigenvalue weighted by atomic mass is 16.8. The number of carbonyl (C=O) groups is 8. The second-order valence-electron chi connectivity index (χ2n) is 25.0. The zero-order valence-corrected chi connectivity index (χ0v) is 47.8. The number of allylic oxidation sites excluding steroid dienone is 2. The molecule has 0 amide bonds. The molecule has 2 aliphatic heterocycles. The number of hydrogen-bond donors (Lipinski definition) is 0. The Kier molecular flexibility index (Phi) is 17.5. The summed E-state index contributed by atoms with van der Waals surface area (Å²) < 4.78 is 71.5. The predicted octanol–water partition coefficient (Wildman–Crippen LogP) is 6.97. The maximum Gasteiger partial charge on any atom is 0.339 e. The molecule has 19 atom stereocenters. The van der Waals surface area contributed by atoms with Gasteiger partial charge in [-0.05, 0) is 109 Å². The van der Waals surface area contributed by atoms with Gasteiger partial charge in [0.1, 0.15) is 12.7 Å². The number of rotatable bonds is 14. The van der Waals surface area contributed by atoms with Gasteiger partial charge in [0.15, 0.2) is 49.0 Å². The Morgan fingerprint density at radius 3 is 1.69 bits per heavy atom. The van der Waals surface area contributed by atoms with E-state index in [2.05, 4.69) is 54.5 Å². The second kappa shape index (κ2) is 22.5. The monoisotopic (exact) mass is 1090 g/mol. The topological polar surface area (TPSA) is 247 Å². The van der Waals surface area contributed by atoms with E-state index < -0.39 is 121 Å². The van der Waals surface area contributed by atoms with Crippen molar-refractivity contribution in [3.63, 3.8) is 0 Å². The Morgan fingerprint density at radius 1 is 0.558 bits per heavy atom. The number of hydrogen-bond acceptors (Lipinski definition) is 20. The molecule has 0 spiro atoms. The molecule has 20 heteroatoms. The molecule has 0 N–H and O–H groups in total. The Morgan fingerprint density at radius 2 is 1.10 bits per heavy atom. The van der Waals surface area contributed by atoms with Crippen LogP contribution < -0.4 is 0 Å². The van der Waals surface area contributed by atoms with Crippen LogP contribution in [0.5, 0.6) is 0 Å². The van der Waals surface area contributed by atoms with Crippen LogP contribution in [-0.2, 0) is 95.2 Å². The summed E-state index contributed by atoms with van der Waals surface area (Å²) in [5, 5.41) is 0. The van der Waals surface area contributed by atoms with Crippen molar-refractivity contribution in [2.24, 2.45) is 50.2 Å². The average molecular weight is 1090 g/mol. The molecule has 432 valence electrons. The van der Waals surface area contributed by atoms with Crippen molar-refractivity contribution in [1.82, 2.24) is 0 Å². The first kappa shape index (κ1) is 60.0. The summed E-state index contributed by atoms with van der Waals surface area (Å²) in [6, 6.07) is 0. The molecular formula is C57H84O20. The zero-order valence-electron chi connectivity index (χ0n) is 47.8. The highest BCUT2D eigenvalue weighted by Crippen LogP contribution is 2.76. The molecule has 7 rings (SSSR count). The van der Waals surface area contributed by atoms with E-state index in [0.29, 0.717) is 24.9 Å². The minimum Gasteiger partial charge on any atom is -0.467 e. The smallest absolute Gasteiger partial charge is 0.339 e. The van der Waals surface area contributed by atoms with E-state index in [1.54, 1.807) is 5.57 Å². The molecule has 0 aromatic heterocycles. The molecule has 77 heavy (non-hydrogen) atoms. The standard InChI is InChI=1S/C57H84O20/c1-29(58)67-27-38-42(69-31(3)60)43(70-32(4)61)48(77-51-47(73-35(7)64)45(72-34(6)63)44(71-33(5)62)46(76-51)49(65)66-15)50(74-38)75-41-19-20-55(12)39(52(41,8)9)18-21-57(14)40(55)17-16-36-37-26-53(10,28-68-30(2)59)22-23-54(37,11)24-25-56(36,57)13/h16,37-48,50-51H,17-28H2,1-15H3/t37-,38+,39-,40+,41-,42+,43-,44-,45-,46-,47+,48+,50-,51-,53-,54+,55-,56+,57+/m0/s1. The van der Waals surface area contributed by atoms with Gasteiger partial charge in [0, 0.05) is 53.9 Å². The van der Waals surface area contributed by atoms with Gasteiger partial charge in [-0.15, -0.1) is 0 Å². The van der Waals surface area contributed by atoms with E-state index in [1.807, 2.05) is 0 Å². The van der Waals surface area contributed by atoms with Crippen molar-refractivity contribution in [3.05, 3.63) is 11.6 Å². The molecule has 0 radical (unpaired) electrons. The Balaban J connectivity index is 1.26. The van der Waals surface area contributed by atoms with Crippen molar-refractivity contribution in [1.29, 1.82) is 0 Å². The van der Waals surface area contributed by atoms with Crippen LogP contribution in [0.15, 0.2) is 11.6 Å². The van der Waals surface area contributed by atoms with Gasteiger partial charge in [0.25, 0.3) is 0 Å². The fourth-order valence-corrected chi connectivity index (χ4v) is 15.7. The van der Waals surface area contributed by atoms with E-state index in [9.17, 15) is 38.4 Å². The van der Waals surface area contributed by atoms with Crippen LogP contribution in [0.4, 0.5) is 0 Å². The third kappa shape index (κ3) is 11.7. The first-order chi connectivity index (χ1) is 35.8. The second-order valence-corrected chi connectivity index (χ2v) is 25.0. The van der Waals surface area contributed by atoms with Crippen molar-refractivity contribution in [3.8, 4) is 0 Å². The van der Waals surface area contributed by atoms with Gasteiger partial charge in [-0.1, -0.05) is 60.1 Å². The summed E-state index contributed by atoms with van der Waals surface area (Å²) in [4.78, 5) is 102. The molecule has 20 nitrogen and oxygen atoms in total. The lowest BCUT2D eigenvalue weighted by atomic mass is 9.33. The van der Waals surface area contributed by atoms with E-state index in [-0.39, 0.29) is 39.0 Å². The third-order valence-electron chi connectivity index (χ3n) is 19.6. The number of ether oxygens (including phenoxy) is 12. The Hall–Kier alpha value is -4.66. The SMILES string of the molecule is COC(=O)[C@H]1O[C@@H](O[C@H]2[C@H](O[C@H]3CC[C@]4(C)[C@H]5CC=C6[C@@H]7C[C@@](C)(COC(C)=O)CC[C@]7(C)CC[C@@]6(C)[C@]5(C)CC[C@H]4C3(C)C)O[C@H](COC(C)=O)[C@@H](OC(C)=O)[C@@H]2OC(C)=O)[C@H](OC(C)=O)[C@@H](OC(C)=O)[C@@H]1OC(C)=O. The summed E-state index contributed by atoms with van der Waals surface area (Å²) in [5.41, 5.74) is 0.827. The van der Waals surface area contributed by atoms with Crippen molar-refractivity contribution >= 4 is 47.8 Å². The van der Waals surface area contributed by atoms with E-state index in [0.717, 1.165) is 99.5 Å². The van der Waals surface area contributed by atoms with Crippen LogP contribution in [0.3, 0.4) is 0 Å². The van der Waals surface area contributed by atoms with Gasteiger partial charge in [-0.25, -0.2) is 4.79 Å². The van der Waals surface area contributed by atoms with Gasteiger partial charge >= 0.3 is 47.8 Å². The van der Waals surface area contributed by atoms with Gasteiger partial charge < -0.3 is 56.8 Å². The van der Waals surface area contributed by atoms with Crippen LogP contribution in [0.25, 0.3) is 0 Å². The van der Waals surface area contributed by atoms with E-state index in [1.165, 1.54) is 13.8 Å². The lowest BCUT2D eigenvalue weighted by molar-refractivity contribution is -0.376. The molecule has 2 saturated heterocycles. The molecule has 0 aromatic rings. The average Bonchev–Trinajstić information content (AvgIpc) is 3.53. The molecule has 7 aliphatic rings. The van der Waals surface area contributed by atoms with Crippen molar-refractivity contribution in [2.45, 2.75) is 229 Å². The van der Waals surface area contributed by atoms with Gasteiger partial charge in [-0.2, -0.15) is 0 Å². The molecular weight excluding hydrogens is 1000 g/mol. The fourth-order valence-electron chi connectivity index (χ4n) is 15.7. The summed E-state index contributed by atoms with van der Waals surface area (Å²) >= 11 is 0. The first-order valence-corrected chi connectivity index (χ1v) is 27.4. The predicted molar refractivity (Wildman–Crippen MR) is 269 cm³/mol. The van der Waals surface area contributed by atoms with E-state index in [4.69, 9.17) is 56.8 Å². The first-order valence-electron chi connectivity index (χ1n) is 27.4. The number of methoxy groups -OCH3 is 1. The van der Waals surface area contributed by atoms with Crippen LogP contribution >= 0.6 is 0 Å². The Bertz CT molecular complexity index is 2330. The quantitative estimate of drug-likeness (QED) is 0.0737. The summed E-state index contributed by atoms with van der Waals surface area (Å²) in [5.74, 6) is -5.63. The summed E-state index contributed by atoms with van der Waals surface area (Å²) in [6.45, 7) is 24.6. The molecule has 0 aromatic carbocycles. The fraction of sp³-hybridized carbons (Fsp3) is 0.825. The van der Waals surface area contributed by atoms with Gasteiger partial charge in [0.05, 0.1) is 19.8 Å². The highest BCUT2D eigenvalue weighted by molar-refractivity contribution is 5.77. The van der Waals surface area contributed by atoms with Crippen LogP contribution in [-0.4, -0.2) is 136 Å². The summed E-state index contributed by atoms with van der Waals surface area (Å²) in [6.07, 6.45) is -5.24. The normalized spacial score (nSPS) is 41.9. The Labute approximate surface area is 452 Å². The highest BCUT2D eigenvalue weighted by Gasteiger charge is 2.69. The minimum atomic E-state index is -1.92. The van der Waals surface area contributed by atoms with Crippen LogP contribution in [0.1, 0.15) is 161 Å². The van der Waals surface area contributed by atoms with Crippen LogP contribution in [0, 0.1) is 50.2 Å². The minimum absolute atomic E-state index is 0.0333. The molecule has 0 bridgehead atoms. The van der Waals surface area contributed by atoms with Crippen LogP contribution in [0.2, 0.25) is 0 Å². The lowest BCUT2D eigenvalue weighted by Gasteiger charge is -2.71. The maximum absolute atomic E-state index is 13.5. The number of carbonyl (C=O) groups excluding carboxylic acids is 8.